The quantitative estimate of drug-likeness (QED) is 0.772. The molecule has 1 aromatic carbocycles. The third kappa shape index (κ3) is 3.38. The Morgan fingerprint density at radius 2 is 2.20 bits per heavy atom. The number of aromatic nitrogens is 3. The molecule has 7 nitrogen and oxygen atoms in total. The summed E-state index contributed by atoms with van der Waals surface area (Å²) in [5, 5.41) is 7.32. The minimum Gasteiger partial charge on any atom is -0.326 e. The Bertz CT molecular complexity index is 672. The van der Waals surface area contributed by atoms with Crippen molar-refractivity contribution in [2.75, 3.05) is 6.54 Å². The average Bonchev–Trinajstić information content (AvgIpc) is 2.92. The predicted octanol–water partition coefficient (Wildman–Crippen LogP) is -0.146. The van der Waals surface area contributed by atoms with Gasteiger partial charge in [-0.15, -0.1) is 5.10 Å². The Kier molecular flexibility index (Phi) is 4.42. The molecule has 0 spiro atoms. The van der Waals surface area contributed by atoms with Gasteiger partial charge in [0.2, 0.25) is 10.0 Å². The van der Waals surface area contributed by atoms with Crippen molar-refractivity contribution in [2.24, 2.45) is 5.73 Å². The highest BCUT2D eigenvalue weighted by atomic mass is 32.2. The first-order valence-corrected chi connectivity index (χ1v) is 7.33. The van der Waals surface area contributed by atoms with Crippen LogP contribution in [0.4, 0.5) is 4.39 Å². The van der Waals surface area contributed by atoms with Gasteiger partial charge in [-0.05, 0) is 18.2 Å². The van der Waals surface area contributed by atoms with Crippen LogP contribution < -0.4 is 10.5 Å². The largest absolute Gasteiger partial charge is 0.326 e. The first-order valence-electron chi connectivity index (χ1n) is 5.85. The molecule has 0 saturated carbocycles. The maximum Gasteiger partial charge on any atom is 0.240 e. The molecule has 0 aliphatic heterocycles. The zero-order valence-electron chi connectivity index (χ0n) is 10.5. The van der Waals surface area contributed by atoms with Gasteiger partial charge in [-0.1, -0.05) is 5.21 Å². The van der Waals surface area contributed by atoms with E-state index in [9.17, 15) is 12.8 Å². The number of rotatable bonds is 6. The highest BCUT2D eigenvalue weighted by Crippen LogP contribution is 2.14. The Balaban J connectivity index is 2.06. The van der Waals surface area contributed by atoms with Crippen LogP contribution in [0.1, 0.15) is 5.56 Å². The van der Waals surface area contributed by atoms with E-state index in [1.165, 1.54) is 23.0 Å². The molecule has 2 aromatic rings. The Morgan fingerprint density at radius 1 is 1.40 bits per heavy atom. The molecule has 0 aliphatic rings. The molecule has 0 saturated heterocycles. The summed E-state index contributed by atoms with van der Waals surface area (Å²) in [6.45, 7) is 0.444. The Hall–Kier alpha value is -1.84. The first-order chi connectivity index (χ1) is 9.53. The fraction of sp³-hybridized carbons (Fsp3) is 0.273. The minimum absolute atomic E-state index is 0.0158. The average molecular weight is 299 g/mol. The maximum absolute atomic E-state index is 13.3. The first kappa shape index (κ1) is 14.6. The number of nitrogens with one attached hydrogen (secondary N) is 1. The fourth-order valence-electron chi connectivity index (χ4n) is 1.60. The standard InChI is InChI=1S/C11H14FN5O2S/c12-11-2-1-10(7-9(11)8-13)20(18,19)15-4-6-17-5-3-14-16-17/h1-3,5,7,15H,4,6,8,13H2. The van der Waals surface area contributed by atoms with Crippen LogP contribution >= 0.6 is 0 Å². The lowest BCUT2D eigenvalue weighted by molar-refractivity contribution is 0.552. The van der Waals surface area contributed by atoms with Gasteiger partial charge < -0.3 is 5.73 Å². The van der Waals surface area contributed by atoms with E-state index in [-0.39, 0.29) is 23.5 Å². The van der Waals surface area contributed by atoms with Crippen molar-refractivity contribution in [3.8, 4) is 0 Å². The summed E-state index contributed by atoms with van der Waals surface area (Å²) in [4.78, 5) is -0.0158. The molecule has 0 aliphatic carbocycles. The number of nitrogens with zero attached hydrogens (tertiary/aromatic N) is 3. The van der Waals surface area contributed by atoms with Crippen LogP contribution in [0.5, 0.6) is 0 Å². The van der Waals surface area contributed by atoms with Crippen LogP contribution in [0.15, 0.2) is 35.5 Å². The summed E-state index contributed by atoms with van der Waals surface area (Å²) in [6.07, 6.45) is 3.13. The fourth-order valence-corrected chi connectivity index (χ4v) is 2.68. The molecule has 0 radical (unpaired) electrons. The van der Waals surface area contributed by atoms with Gasteiger partial charge in [-0.2, -0.15) is 0 Å². The van der Waals surface area contributed by atoms with Crippen molar-refractivity contribution in [2.45, 2.75) is 18.0 Å². The van der Waals surface area contributed by atoms with E-state index >= 15 is 0 Å². The zero-order valence-corrected chi connectivity index (χ0v) is 11.3. The van der Waals surface area contributed by atoms with Crippen LogP contribution in [-0.4, -0.2) is 30.0 Å². The van der Waals surface area contributed by atoms with Gasteiger partial charge in [0, 0.05) is 24.8 Å². The second-order valence-electron chi connectivity index (χ2n) is 4.02. The van der Waals surface area contributed by atoms with Crippen molar-refractivity contribution in [1.29, 1.82) is 0 Å². The van der Waals surface area contributed by atoms with Gasteiger partial charge in [-0.3, -0.25) is 4.68 Å². The molecule has 20 heavy (non-hydrogen) atoms. The van der Waals surface area contributed by atoms with Gasteiger partial charge in [-0.25, -0.2) is 17.5 Å². The van der Waals surface area contributed by atoms with Crippen LogP contribution in [0, 0.1) is 5.82 Å². The second-order valence-corrected chi connectivity index (χ2v) is 5.79. The molecule has 0 atom stereocenters. The van der Waals surface area contributed by atoms with E-state index in [0.29, 0.717) is 6.54 Å². The molecule has 108 valence electrons. The molecular weight excluding hydrogens is 285 g/mol. The van der Waals surface area contributed by atoms with Crippen LogP contribution in [-0.2, 0) is 23.1 Å². The van der Waals surface area contributed by atoms with Gasteiger partial charge in [0.05, 0.1) is 17.6 Å². The third-order valence-electron chi connectivity index (χ3n) is 2.65. The molecular formula is C11H14FN5O2S. The van der Waals surface area contributed by atoms with Crippen molar-refractivity contribution in [3.63, 3.8) is 0 Å². The van der Waals surface area contributed by atoms with E-state index in [1.807, 2.05) is 0 Å². The van der Waals surface area contributed by atoms with Gasteiger partial charge >= 0.3 is 0 Å². The highest BCUT2D eigenvalue weighted by molar-refractivity contribution is 7.89. The van der Waals surface area contributed by atoms with Gasteiger partial charge in [0.1, 0.15) is 5.82 Å². The predicted molar refractivity (Wildman–Crippen MR) is 69.5 cm³/mol. The molecule has 1 aromatic heterocycles. The van der Waals surface area contributed by atoms with Crippen molar-refractivity contribution in [1.82, 2.24) is 19.7 Å². The number of hydrogen-bond acceptors (Lipinski definition) is 5. The minimum atomic E-state index is -3.70. The summed E-state index contributed by atoms with van der Waals surface area (Å²) in [5.74, 6) is -0.519. The molecule has 3 N–H and O–H groups in total. The summed E-state index contributed by atoms with van der Waals surface area (Å²) < 4.78 is 41.2. The molecule has 0 amide bonds. The summed E-state index contributed by atoms with van der Waals surface area (Å²) >= 11 is 0. The maximum atomic E-state index is 13.3. The van der Waals surface area contributed by atoms with Crippen molar-refractivity contribution in [3.05, 3.63) is 42.0 Å². The number of halogens is 1. The lowest BCUT2D eigenvalue weighted by Crippen LogP contribution is -2.27. The SMILES string of the molecule is NCc1cc(S(=O)(=O)NCCn2ccnn2)ccc1F. The normalized spacial score (nSPS) is 11.7. The Labute approximate surface area is 115 Å². The number of benzene rings is 1. The number of hydrogen-bond donors (Lipinski definition) is 2. The van der Waals surface area contributed by atoms with E-state index in [1.54, 1.807) is 6.20 Å². The monoisotopic (exact) mass is 299 g/mol. The topological polar surface area (TPSA) is 103 Å². The van der Waals surface area contributed by atoms with Gasteiger partial charge in [0.15, 0.2) is 0 Å². The molecule has 1 heterocycles. The lowest BCUT2D eigenvalue weighted by Gasteiger charge is -2.08. The lowest BCUT2D eigenvalue weighted by atomic mass is 10.2. The third-order valence-corrected chi connectivity index (χ3v) is 4.11. The zero-order chi connectivity index (χ0) is 14.6. The second kappa shape index (κ2) is 6.07. The van der Waals surface area contributed by atoms with E-state index in [2.05, 4.69) is 15.0 Å². The van der Waals surface area contributed by atoms with Crippen LogP contribution in [0.25, 0.3) is 0 Å². The smallest absolute Gasteiger partial charge is 0.240 e. The highest BCUT2D eigenvalue weighted by Gasteiger charge is 2.15. The number of nitrogens with two attached hydrogens (primary N) is 1. The van der Waals surface area contributed by atoms with Crippen LogP contribution in [0.3, 0.4) is 0 Å². The van der Waals surface area contributed by atoms with Crippen LogP contribution in [0.2, 0.25) is 0 Å². The molecule has 0 bridgehead atoms. The van der Waals surface area contributed by atoms with E-state index in [4.69, 9.17) is 5.73 Å². The Morgan fingerprint density at radius 3 is 2.85 bits per heavy atom. The van der Waals surface area contributed by atoms with Crippen molar-refractivity contribution >= 4 is 10.0 Å². The summed E-state index contributed by atoms with van der Waals surface area (Å²) in [7, 11) is -3.70. The molecule has 0 unspecified atom stereocenters. The molecule has 0 fully saturated rings. The van der Waals surface area contributed by atoms with Gasteiger partial charge in [0.25, 0.3) is 0 Å². The van der Waals surface area contributed by atoms with Crippen molar-refractivity contribution < 1.29 is 12.8 Å². The summed E-state index contributed by atoms with van der Waals surface area (Å²) in [5.41, 5.74) is 5.51. The number of sulfonamides is 1. The van der Waals surface area contributed by atoms with E-state index < -0.39 is 15.8 Å². The van der Waals surface area contributed by atoms with E-state index in [0.717, 1.165) is 6.07 Å². The summed E-state index contributed by atoms with van der Waals surface area (Å²) in [6, 6.07) is 3.52. The molecule has 9 heteroatoms. The molecule has 2 rings (SSSR count).